The number of likely N-dealkylation sites (tertiary alicyclic amines) is 1. The molecule has 1 aliphatic rings. The highest BCUT2D eigenvalue weighted by atomic mass is 32.1. The summed E-state index contributed by atoms with van der Waals surface area (Å²) in [6, 6.07) is 7.64. The second-order valence-corrected chi connectivity index (χ2v) is 9.86. The normalized spacial score (nSPS) is 15.1. The number of nitrogens with one attached hydrogen (secondary N) is 1. The maximum absolute atomic E-state index is 12.5. The van der Waals surface area contributed by atoms with Crippen molar-refractivity contribution in [2.75, 3.05) is 13.1 Å². The average molecular weight is 458 g/mol. The van der Waals surface area contributed by atoms with Crippen LogP contribution in [0.3, 0.4) is 0 Å². The number of amides is 2. The first-order valence-corrected chi connectivity index (χ1v) is 11.7. The van der Waals surface area contributed by atoms with Gasteiger partial charge in [-0.25, -0.2) is 9.78 Å². The summed E-state index contributed by atoms with van der Waals surface area (Å²) in [6.45, 7) is 9.13. The second kappa shape index (κ2) is 10.6. The van der Waals surface area contributed by atoms with E-state index in [1.807, 2.05) is 57.3 Å². The van der Waals surface area contributed by atoms with Crippen molar-refractivity contribution in [2.45, 2.75) is 58.8 Å². The maximum Gasteiger partial charge on any atom is 0.407 e. The summed E-state index contributed by atoms with van der Waals surface area (Å²) >= 11 is 1.61. The molecule has 0 atom stereocenters. The fourth-order valence-electron chi connectivity index (χ4n) is 3.30. The lowest BCUT2D eigenvalue weighted by Gasteiger charge is -2.32. The number of hydrogen-bond acceptors (Lipinski definition) is 6. The zero-order valence-electron chi connectivity index (χ0n) is 19.1. The zero-order chi connectivity index (χ0) is 23.1. The molecule has 0 spiro atoms. The molecule has 1 N–H and O–H groups in total. The summed E-state index contributed by atoms with van der Waals surface area (Å²) in [6.07, 6.45) is 4.42. The van der Waals surface area contributed by atoms with E-state index in [4.69, 9.17) is 9.47 Å². The van der Waals surface area contributed by atoms with E-state index in [0.717, 1.165) is 22.0 Å². The van der Waals surface area contributed by atoms with Gasteiger partial charge >= 0.3 is 6.09 Å². The number of carbonyl (C=O) groups is 2. The molecule has 8 heteroatoms. The van der Waals surface area contributed by atoms with Crippen molar-refractivity contribution < 1.29 is 19.1 Å². The predicted molar refractivity (Wildman–Crippen MR) is 126 cm³/mol. The number of hydrogen-bond donors (Lipinski definition) is 1. The van der Waals surface area contributed by atoms with Gasteiger partial charge in [-0.2, -0.15) is 0 Å². The largest absolute Gasteiger partial charge is 0.487 e. The summed E-state index contributed by atoms with van der Waals surface area (Å²) < 4.78 is 11.0. The van der Waals surface area contributed by atoms with E-state index in [1.165, 1.54) is 0 Å². The van der Waals surface area contributed by atoms with Gasteiger partial charge < -0.3 is 19.7 Å². The van der Waals surface area contributed by atoms with Crippen molar-refractivity contribution in [3.63, 3.8) is 0 Å². The number of ether oxygens (including phenoxy) is 2. The van der Waals surface area contributed by atoms with Crippen LogP contribution in [0, 0.1) is 6.92 Å². The van der Waals surface area contributed by atoms with Gasteiger partial charge in [-0.3, -0.25) is 4.79 Å². The molecule has 1 aromatic carbocycles. The number of piperidine rings is 1. The molecule has 1 aliphatic heterocycles. The Bertz CT molecular complexity index is 939. The van der Waals surface area contributed by atoms with Gasteiger partial charge in [-0.1, -0.05) is 12.1 Å². The number of alkyl carbamates (subject to hydrolysis) is 1. The summed E-state index contributed by atoms with van der Waals surface area (Å²) in [4.78, 5) is 30.6. The molecule has 0 aliphatic carbocycles. The van der Waals surface area contributed by atoms with Crippen LogP contribution >= 0.6 is 11.3 Å². The number of carbonyl (C=O) groups excluding carboxylic acids is 2. The molecule has 1 fully saturated rings. The van der Waals surface area contributed by atoms with E-state index in [2.05, 4.69) is 10.3 Å². The maximum atomic E-state index is 12.5. The topological polar surface area (TPSA) is 80.8 Å². The van der Waals surface area contributed by atoms with Crippen molar-refractivity contribution in [1.29, 1.82) is 0 Å². The molecular weight excluding hydrogens is 426 g/mol. The number of benzene rings is 1. The Morgan fingerprint density at radius 2 is 1.91 bits per heavy atom. The minimum Gasteiger partial charge on any atom is -0.487 e. The number of aromatic nitrogens is 1. The third-order valence-corrected chi connectivity index (χ3v) is 5.70. The van der Waals surface area contributed by atoms with E-state index in [0.29, 0.717) is 32.5 Å². The van der Waals surface area contributed by atoms with Crippen LogP contribution in [0.1, 0.15) is 49.9 Å². The lowest BCUT2D eigenvalue weighted by atomic mass is 10.1. The van der Waals surface area contributed by atoms with Crippen LogP contribution in [-0.2, 0) is 16.1 Å². The van der Waals surface area contributed by atoms with Crippen LogP contribution in [0.2, 0.25) is 0 Å². The van der Waals surface area contributed by atoms with E-state index in [-0.39, 0.29) is 11.9 Å². The Morgan fingerprint density at radius 1 is 1.22 bits per heavy atom. The molecule has 2 aromatic rings. The third-order valence-electron chi connectivity index (χ3n) is 4.88. The number of aryl methyl sites for hydroxylation is 1. The first-order valence-electron chi connectivity index (χ1n) is 10.8. The van der Waals surface area contributed by atoms with Crippen LogP contribution in [0.4, 0.5) is 4.79 Å². The van der Waals surface area contributed by atoms with Gasteiger partial charge in [-0.15, -0.1) is 11.3 Å². The molecule has 2 heterocycles. The highest BCUT2D eigenvalue weighted by Crippen LogP contribution is 2.17. The highest BCUT2D eigenvalue weighted by Gasteiger charge is 2.24. The molecule has 0 saturated carbocycles. The third kappa shape index (κ3) is 7.67. The molecule has 1 saturated heterocycles. The second-order valence-electron chi connectivity index (χ2n) is 8.79. The van der Waals surface area contributed by atoms with Gasteiger partial charge in [0, 0.05) is 30.6 Å². The van der Waals surface area contributed by atoms with Gasteiger partial charge in [0.25, 0.3) is 0 Å². The van der Waals surface area contributed by atoms with Crippen molar-refractivity contribution in [2.24, 2.45) is 0 Å². The summed E-state index contributed by atoms with van der Waals surface area (Å²) in [7, 11) is 0. The molecule has 172 valence electrons. The Labute approximate surface area is 193 Å². The van der Waals surface area contributed by atoms with E-state index in [9.17, 15) is 9.59 Å². The van der Waals surface area contributed by atoms with Crippen LogP contribution in [0.25, 0.3) is 6.08 Å². The van der Waals surface area contributed by atoms with Crippen LogP contribution in [0.15, 0.2) is 35.7 Å². The molecule has 7 nitrogen and oxygen atoms in total. The standard InChI is InChI=1S/C24H31N3O4S/c1-17-25-20(16-32-17)15-30-21-8-5-18(6-9-21)7-10-22(28)27-13-11-19(12-14-27)26-23(29)31-24(2,3)4/h5-10,16,19H,11-15H2,1-4H3,(H,26,29)/b10-7+. The van der Waals surface area contributed by atoms with Crippen LogP contribution in [0.5, 0.6) is 5.75 Å². The SMILES string of the molecule is Cc1nc(COc2ccc(/C=C/C(=O)N3CCC(NC(=O)OC(C)(C)C)CC3)cc2)cs1. The van der Waals surface area contributed by atoms with E-state index < -0.39 is 11.7 Å². The van der Waals surface area contributed by atoms with E-state index >= 15 is 0 Å². The Balaban J connectivity index is 1.41. The summed E-state index contributed by atoms with van der Waals surface area (Å²) in [5.74, 6) is 0.735. The molecule has 2 amide bonds. The molecule has 32 heavy (non-hydrogen) atoms. The van der Waals surface area contributed by atoms with E-state index in [1.54, 1.807) is 28.4 Å². The Morgan fingerprint density at radius 3 is 2.50 bits per heavy atom. The first kappa shape index (κ1) is 23.8. The lowest BCUT2D eigenvalue weighted by molar-refractivity contribution is -0.127. The van der Waals surface area contributed by atoms with Crippen molar-refractivity contribution >= 4 is 29.4 Å². The molecule has 0 bridgehead atoms. The average Bonchev–Trinajstić information content (AvgIpc) is 3.15. The minimum absolute atomic E-state index is 0.0265. The van der Waals surface area contributed by atoms with Gasteiger partial charge in [0.15, 0.2) is 0 Å². The molecule has 1 aromatic heterocycles. The fourth-order valence-corrected chi connectivity index (χ4v) is 3.90. The number of rotatable bonds is 6. The predicted octanol–water partition coefficient (Wildman–Crippen LogP) is 4.56. The minimum atomic E-state index is -0.518. The van der Waals surface area contributed by atoms with Crippen molar-refractivity contribution in [3.8, 4) is 5.75 Å². The van der Waals surface area contributed by atoms with Crippen molar-refractivity contribution in [3.05, 3.63) is 52.0 Å². The smallest absolute Gasteiger partial charge is 0.407 e. The molecular formula is C24H31N3O4S. The number of thiazole rings is 1. The zero-order valence-corrected chi connectivity index (χ0v) is 19.9. The van der Waals surface area contributed by atoms with Crippen LogP contribution < -0.4 is 10.1 Å². The molecule has 0 radical (unpaired) electrons. The lowest BCUT2D eigenvalue weighted by Crippen LogP contribution is -2.47. The van der Waals surface area contributed by atoms with Gasteiger partial charge in [-0.05, 0) is 64.3 Å². The first-order chi connectivity index (χ1) is 15.2. The van der Waals surface area contributed by atoms with Gasteiger partial charge in [0.05, 0.1) is 10.7 Å². The number of nitrogens with zero attached hydrogens (tertiary/aromatic N) is 2. The quantitative estimate of drug-likeness (QED) is 0.643. The monoisotopic (exact) mass is 457 g/mol. The van der Waals surface area contributed by atoms with Crippen LogP contribution in [-0.4, -0.2) is 46.6 Å². The Kier molecular flexibility index (Phi) is 7.90. The molecule has 0 unspecified atom stereocenters. The highest BCUT2D eigenvalue weighted by molar-refractivity contribution is 7.09. The summed E-state index contributed by atoms with van der Waals surface area (Å²) in [5.41, 5.74) is 1.33. The van der Waals surface area contributed by atoms with Gasteiger partial charge in [0.2, 0.25) is 5.91 Å². The Hall–Kier alpha value is -2.87. The van der Waals surface area contributed by atoms with Crippen molar-refractivity contribution in [1.82, 2.24) is 15.2 Å². The molecule has 3 rings (SSSR count). The summed E-state index contributed by atoms with van der Waals surface area (Å²) in [5, 5.41) is 5.91. The van der Waals surface area contributed by atoms with Gasteiger partial charge in [0.1, 0.15) is 18.0 Å². The fraction of sp³-hybridized carbons (Fsp3) is 0.458.